The molecule has 0 aliphatic rings. The van der Waals surface area contributed by atoms with E-state index in [2.05, 4.69) is 65.2 Å². The van der Waals surface area contributed by atoms with Crippen LogP contribution >= 0.6 is 0 Å². The lowest BCUT2D eigenvalue weighted by Crippen LogP contribution is -2.28. The maximum atomic E-state index is 15.2. The summed E-state index contributed by atoms with van der Waals surface area (Å²) in [6, 6.07) is 52.4. The van der Waals surface area contributed by atoms with Crippen LogP contribution in [0.4, 0.5) is 0 Å². The van der Waals surface area contributed by atoms with Gasteiger partial charge in [0, 0.05) is 38.2 Å². The fourth-order valence-electron chi connectivity index (χ4n) is 8.83. The van der Waals surface area contributed by atoms with E-state index in [0.717, 1.165) is 71.0 Å². The molecule has 7 nitrogen and oxygen atoms in total. The average molecular weight is 733 g/mol. The van der Waals surface area contributed by atoms with Crippen molar-refractivity contribution in [1.82, 2.24) is 19.1 Å². The Labute approximate surface area is 322 Å². The molecule has 12 aromatic rings. The summed E-state index contributed by atoms with van der Waals surface area (Å²) in [4.78, 5) is 40.0. The van der Waals surface area contributed by atoms with Gasteiger partial charge in [-0.25, -0.2) is 14.5 Å². The highest BCUT2D eigenvalue weighted by atomic mass is 16.3. The predicted octanol–water partition coefficient (Wildman–Crippen LogP) is 11.3. The highest BCUT2D eigenvalue weighted by Crippen LogP contribution is 2.38. The van der Waals surface area contributed by atoms with E-state index in [-0.39, 0.29) is 5.69 Å². The summed E-state index contributed by atoms with van der Waals surface area (Å²) in [6.07, 6.45) is 3.18. The molecule has 0 bridgehead atoms. The van der Waals surface area contributed by atoms with Crippen molar-refractivity contribution < 1.29 is 4.42 Å². The number of furan rings is 1. The third kappa shape index (κ3) is 4.54. The Kier molecular flexibility index (Phi) is 6.51. The molecule has 57 heavy (non-hydrogen) atoms. The van der Waals surface area contributed by atoms with Crippen LogP contribution in [0.25, 0.3) is 110 Å². The SMILES string of the molecule is O=c1c2cc3c(cc2c2cc4c5ccccc5n(-c5ccccc5)c4cc2c(=O)n1-c1cnc(-c2c4ccccc4cc4ccccc24)nc1)oc1ccccc13. The van der Waals surface area contributed by atoms with Gasteiger partial charge in [0.15, 0.2) is 5.82 Å². The Hall–Kier alpha value is -7.90. The molecular formula is C50H28N4O3. The van der Waals surface area contributed by atoms with E-state index in [4.69, 9.17) is 14.4 Å². The summed E-state index contributed by atoms with van der Waals surface area (Å²) in [5.41, 5.74) is 4.42. The molecule has 4 heterocycles. The Morgan fingerprint density at radius 3 is 1.70 bits per heavy atom. The molecule has 12 rings (SSSR count). The van der Waals surface area contributed by atoms with Gasteiger partial charge in [0.25, 0.3) is 11.1 Å². The number of fused-ring (bicyclic) bond motifs is 11. The zero-order valence-corrected chi connectivity index (χ0v) is 30.2. The Balaban J connectivity index is 1.20. The van der Waals surface area contributed by atoms with Crippen LogP contribution < -0.4 is 11.1 Å². The molecule has 7 heteroatoms. The molecule has 0 N–H and O–H groups in total. The molecule has 266 valence electrons. The fourth-order valence-corrected chi connectivity index (χ4v) is 8.83. The van der Waals surface area contributed by atoms with Gasteiger partial charge in [-0.1, -0.05) is 103 Å². The minimum absolute atomic E-state index is 0.276. The minimum atomic E-state index is -0.467. The van der Waals surface area contributed by atoms with Crippen LogP contribution in [0.5, 0.6) is 0 Å². The predicted molar refractivity (Wildman–Crippen MR) is 231 cm³/mol. The average Bonchev–Trinajstić information content (AvgIpc) is 3.77. The molecule has 0 fully saturated rings. The van der Waals surface area contributed by atoms with E-state index in [1.807, 2.05) is 97.1 Å². The fraction of sp³-hybridized carbons (Fsp3) is 0. The minimum Gasteiger partial charge on any atom is -0.456 e. The number of nitrogens with zero attached hydrogens (tertiary/aromatic N) is 4. The molecular weight excluding hydrogens is 705 g/mol. The second kappa shape index (κ2) is 11.8. The molecule has 0 aliphatic heterocycles. The molecule has 8 aromatic carbocycles. The van der Waals surface area contributed by atoms with E-state index >= 15 is 9.59 Å². The van der Waals surface area contributed by atoms with Crippen molar-refractivity contribution in [1.29, 1.82) is 0 Å². The van der Waals surface area contributed by atoms with Crippen molar-refractivity contribution in [2.24, 2.45) is 0 Å². The zero-order chi connectivity index (χ0) is 37.8. The Morgan fingerprint density at radius 1 is 0.386 bits per heavy atom. The van der Waals surface area contributed by atoms with Crippen LogP contribution in [-0.4, -0.2) is 19.1 Å². The van der Waals surface area contributed by atoms with E-state index in [9.17, 15) is 0 Å². The molecule has 0 spiro atoms. The lowest BCUT2D eigenvalue weighted by atomic mass is 9.96. The molecule has 0 unspecified atom stereocenters. The smallest absolute Gasteiger partial charge is 0.266 e. The first kappa shape index (κ1) is 31.5. The van der Waals surface area contributed by atoms with Crippen LogP contribution in [0.3, 0.4) is 0 Å². The molecule has 4 aromatic heterocycles. The highest BCUT2D eigenvalue weighted by Gasteiger charge is 2.21. The second-order valence-corrected chi connectivity index (χ2v) is 14.5. The van der Waals surface area contributed by atoms with E-state index in [1.54, 1.807) is 12.4 Å². The third-order valence-corrected chi connectivity index (χ3v) is 11.4. The van der Waals surface area contributed by atoms with Crippen molar-refractivity contribution in [2.75, 3.05) is 0 Å². The van der Waals surface area contributed by atoms with E-state index < -0.39 is 11.1 Å². The first-order chi connectivity index (χ1) is 28.1. The van der Waals surface area contributed by atoms with Gasteiger partial charge in [-0.3, -0.25) is 9.59 Å². The highest BCUT2D eigenvalue weighted by molar-refractivity contribution is 6.20. The largest absolute Gasteiger partial charge is 0.456 e. The zero-order valence-electron chi connectivity index (χ0n) is 30.2. The van der Waals surface area contributed by atoms with Gasteiger partial charge in [0.1, 0.15) is 11.2 Å². The number of benzene rings is 8. The van der Waals surface area contributed by atoms with Gasteiger partial charge in [0.05, 0.1) is 34.5 Å². The molecule has 0 amide bonds. The van der Waals surface area contributed by atoms with Gasteiger partial charge in [-0.05, 0) is 86.9 Å². The van der Waals surface area contributed by atoms with Crippen molar-refractivity contribution >= 4 is 86.8 Å². The van der Waals surface area contributed by atoms with Crippen LogP contribution in [0.1, 0.15) is 0 Å². The summed E-state index contributed by atoms with van der Waals surface area (Å²) in [5, 5.41) is 9.91. The van der Waals surface area contributed by atoms with E-state index in [0.29, 0.717) is 33.0 Å². The Bertz CT molecular complexity index is 3740. The van der Waals surface area contributed by atoms with Crippen molar-refractivity contribution in [2.45, 2.75) is 0 Å². The summed E-state index contributed by atoms with van der Waals surface area (Å²) < 4.78 is 9.75. The summed E-state index contributed by atoms with van der Waals surface area (Å²) in [6.45, 7) is 0. The first-order valence-electron chi connectivity index (χ1n) is 18.8. The number of para-hydroxylation sites is 3. The summed E-state index contributed by atoms with van der Waals surface area (Å²) >= 11 is 0. The lowest BCUT2D eigenvalue weighted by molar-refractivity contribution is 0.669. The van der Waals surface area contributed by atoms with Crippen LogP contribution in [0.15, 0.2) is 184 Å². The van der Waals surface area contributed by atoms with Crippen LogP contribution in [-0.2, 0) is 0 Å². The van der Waals surface area contributed by atoms with Crippen molar-refractivity contribution in [3.63, 3.8) is 0 Å². The summed E-state index contributed by atoms with van der Waals surface area (Å²) in [5.74, 6) is 0.503. The number of rotatable bonds is 3. The molecule has 0 atom stereocenters. The molecule has 0 saturated carbocycles. The standard InChI is InChI=1S/C50H28N4O3/c55-49-41-24-40-36-19-9-11-21-45(36)57-46(40)26-38(41)37-23-39-35-18-8-10-20-43(35)53(31-14-2-1-3-15-31)44(39)25-42(37)50(56)54(49)32-27-51-48(52-28-32)47-33-16-6-4-12-29(33)22-30-13-5-7-17-34(30)47/h1-28H. The first-order valence-corrected chi connectivity index (χ1v) is 18.8. The maximum absolute atomic E-state index is 15.2. The van der Waals surface area contributed by atoms with Gasteiger partial charge >= 0.3 is 0 Å². The van der Waals surface area contributed by atoms with Gasteiger partial charge in [0.2, 0.25) is 0 Å². The van der Waals surface area contributed by atoms with Crippen molar-refractivity contribution in [3.05, 3.63) is 191 Å². The normalized spacial score (nSPS) is 12.0. The van der Waals surface area contributed by atoms with Crippen LogP contribution in [0.2, 0.25) is 0 Å². The van der Waals surface area contributed by atoms with Gasteiger partial charge in [-0.2, -0.15) is 0 Å². The quantitative estimate of drug-likeness (QED) is 0.169. The monoisotopic (exact) mass is 732 g/mol. The summed E-state index contributed by atoms with van der Waals surface area (Å²) in [7, 11) is 0. The third-order valence-electron chi connectivity index (χ3n) is 11.4. The number of hydrogen-bond acceptors (Lipinski definition) is 5. The topological polar surface area (TPSA) is 82.9 Å². The molecule has 0 aliphatic carbocycles. The van der Waals surface area contributed by atoms with E-state index in [1.165, 1.54) is 4.57 Å². The van der Waals surface area contributed by atoms with Gasteiger partial charge < -0.3 is 8.98 Å². The second-order valence-electron chi connectivity index (χ2n) is 14.5. The van der Waals surface area contributed by atoms with Gasteiger partial charge in [-0.15, -0.1) is 0 Å². The number of hydrogen-bond donors (Lipinski definition) is 0. The Morgan fingerprint density at radius 2 is 0.965 bits per heavy atom. The number of aromatic nitrogens is 4. The van der Waals surface area contributed by atoms with Crippen LogP contribution in [0, 0.1) is 0 Å². The molecule has 0 saturated heterocycles. The molecule has 0 radical (unpaired) electrons. The maximum Gasteiger partial charge on any atom is 0.266 e. The van der Waals surface area contributed by atoms with Crippen molar-refractivity contribution in [3.8, 4) is 22.8 Å². The lowest BCUT2D eigenvalue weighted by Gasteiger charge is -2.11.